The number of carbonyl (C=O) groups excluding carboxylic acids is 1. The molecular weight excluding hydrogens is 375 g/mol. The van der Waals surface area contributed by atoms with Crippen molar-refractivity contribution in [3.8, 4) is 0 Å². The number of aryl methyl sites for hydroxylation is 1. The third kappa shape index (κ3) is 4.71. The number of hydrogen-bond donors (Lipinski definition) is 2. The van der Waals surface area contributed by atoms with Crippen LogP contribution in [0.2, 0.25) is 10.0 Å². The summed E-state index contributed by atoms with van der Waals surface area (Å²) in [7, 11) is 2.01. The lowest BCUT2D eigenvalue weighted by Crippen LogP contribution is -2.45. The highest BCUT2D eigenvalue weighted by Crippen LogP contribution is 2.25. The summed E-state index contributed by atoms with van der Waals surface area (Å²) in [6.45, 7) is 3.58. The molecule has 26 heavy (non-hydrogen) atoms. The van der Waals surface area contributed by atoms with Gasteiger partial charge in [0.15, 0.2) is 0 Å². The van der Waals surface area contributed by atoms with Crippen molar-refractivity contribution in [3.63, 3.8) is 0 Å². The predicted octanol–water partition coefficient (Wildman–Crippen LogP) is 3.53. The molecule has 1 saturated heterocycles. The van der Waals surface area contributed by atoms with Gasteiger partial charge in [-0.25, -0.2) is 4.79 Å². The Hall–Kier alpha value is -1.73. The lowest BCUT2D eigenvalue weighted by molar-refractivity contribution is 0.0154. The van der Waals surface area contributed by atoms with Gasteiger partial charge >= 0.3 is 6.03 Å². The number of urea groups is 1. The minimum absolute atomic E-state index is 0.0819. The smallest absolute Gasteiger partial charge is 0.319 e. The third-order valence-electron chi connectivity index (χ3n) is 4.45. The van der Waals surface area contributed by atoms with E-state index in [4.69, 9.17) is 27.9 Å². The zero-order chi connectivity index (χ0) is 18.5. The van der Waals surface area contributed by atoms with E-state index in [1.165, 1.54) is 0 Å². The molecule has 1 aliphatic heterocycles. The molecule has 2 aromatic rings. The van der Waals surface area contributed by atoms with Gasteiger partial charge in [0.25, 0.3) is 0 Å². The van der Waals surface area contributed by atoms with E-state index < -0.39 is 0 Å². The molecule has 0 aliphatic carbocycles. The number of amides is 2. The molecule has 1 aromatic carbocycles. The first-order valence-corrected chi connectivity index (χ1v) is 9.23. The molecule has 8 heteroatoms. The molecule has 140 valence electrons. The minimum atomic E-state index is -0.282. The third-order valence-corrected chi connectivity index (χ3v) is 5.18. The maximum Gasteiger partial charge on any atom is 0.319 e. The maximum absolute atomic E-state index is 12.3. The van der Waals surface area contributed by atoms with Crippen LogP contribution in [-0.4, -0.2) is 48.3 Å². The van der Waals surface area contributed by atoms with E-state index in [1.54, 1.807) is 18.2 Å². The van der Waals surface area contributed by atoms with Crippen LogP contribution in [0.25, 0.3) is 0 Å². The molecule has 2 heterocycles. The van der Waals surface area contributed by atoms with Gasteiger partial charge in [-0.3, -0.25) is 4.90 Å². The summed E-state index contributed by atoms with van der Waals surface area (Å²) in [4.78, 5) is 14.6. The minimum Gasteiger partial charge on any atom is -0.379 e. The fourth-order valence-electron chi connectivity index (χ4n) is 3.07. The standard InChI is InChI=1S/C18H22Cl2N4O2/c1-23-6-2-3-16(23)17(24-7-9-26-10-8-24)12-21-18(25)22-13-4-5-14(19)15(20)11-13/h2-6,11,17H,7-10,12H2,1H3,(H2,21,22,25)/t17-/m0/s1. The number of hydrogen-bond acceptors (Lipinski definition) is 3. The average molecular weight is 397 g/mol. The van der Waals surface area contributed by atoms with Crippen molar-refractivity contribution >= 4 is 34.9 Å². The summed E-state index contributed by atoms with van der Waals surface area (Å²) in [5, 5.41) is 6.60. The van der Waals surface area contributed by atoms with Crippen LogP contribution in [0.3, 0.4) is 0 Å². The molecule has 0 radical (unpaired) electrons. The first-order valence-electron chi connectivity index (χ1n) is 8.47. The molecule has 0 saturated carbocycles. The molecule has 3 rings (SSSR count). The number of aromatic nitrogens is 1. The highest BCUT2D eigenvalue weighted by atomic mass is 35.5. The van der Waals surface area contributed by atoms with Crippen LogP contribution < -0.4 is 10.6 Å². The second-order valence-corrected chi connectivity index (χ2v) is 6.99. The van der Waals surface area contributed by atoms with E-state index in [0.29, 0.717) is 35.5 Å². The van der Waals surface area contributed by atoms with E-state index in [-0.39, 0.29) is 12.1 Å². The van der Waals surface area contributed by atoms with E-state index >= 15 is 0 Å². The first kappa shape index (κ1) is 19.0. The highest BCUT2D eigenvalue weighted by molar-refractivity contribution is 6.42. The number of benzene rings is 1. The molecular formula is C18H22Cl2N4O2. The zero-order valence-corrected chi connectivity index (χ0v) is 16.1. The summed E-state index contributed by atoms with van der Waals surface area (Å²) in [5.74, 6) is 0. The number of halogens is 2. The van der Waals surface area contributed by atoms with Crippen LogP contribution in [0.5, 0.6) is 0 Å². The van der Waals surface area contributed by atoms with Crippen molar-refractivity contribution in [3.05, 3.63) is 52.3 Å². The molecule has 0 spiro atoms. The van der Waals surface area contributed by atoms with Gasteiger partial charge in [-0.15, -0.1) is 0 Å². The Kier molecular flexibility index (Phi) is 6.43. The van der Waals surface area contributed by atoms with Gasteiger partial charge in [-0.1, -0.05) is 23.2 Å². The molecule has 1 atom stereocenters. The zero-order valence-electron chi connectivity index (χ0n) is 14.5. The van der Waals surface area contributed by atoms with E-state index in [9.17, 15) is 4.79 Å². The van der Waals surface area contributed by atoms with Gasteiger partial charge in [-0.2, -0.15) is 0 Å². The number of ether oxygens (including phenoxy) is 1. The van der Waals surface area contributed by atoms with Gasteiger partial charge in [0.1, 0.15) is 0 Å². The van der Waals surface area contributed by atoms with Gasteiger partial charge in [0.2, 0.25) is 0 Å². The lowest BCUT2D eigenvalue weighted by Gasteiger charge is -2.34. The SMILES string of the molecule is Cn1cccc1[C@H](CNC(=O)Nc1ccc(Cl)c(Cl)c1)N1CCOCC1. The normalized spacial score (nSPS) is 16.3. The van der Waals surface area contributed by atoms with Crippen LogP contribution in [0, 0.1) is 0 Å². The fraction of sp³-hybridized carbons (Fsp3) is 0.389. The van der Waals surface area contributed by atoms with Crippen LogP contribution in [0.4, 0.5) is 10.5 Å². The Morgan fingerprint density at radius 3 is 2.65 bits per heavy atom. The highest BCUT2D eigenvalue weighted by Gasteiger charge is 2.24. The number of morpholine rings is 1. The van der Waals surface area contributed by atoms with Crippen molar-refractivity contribution < 1.29 is 9.53 Å². The first-order chi connectivity index (χ1) is 12.5. The van der Waals surface area contributed by atoms with Crippen molar-refractivity contribution in [2.24, 2.45) is 7.05 Å². The monoisotopic (exact) mass is 396 g/mol. The Labute approximate surface area is 163 Å². The molecule has 2 amide bonds. The van der Waals surface area contributed by atoms with Crippen LogP contribution in [0.15, 0.2) is 36.5 Å². The van der Waals surface area contributed by atoms with Crippen LogP contribution in [-0.2, 0) is 11.8 Å². The quantitative estimate of drug-likeness (QED) is 0.812. The van der Waals surface area contributed by atoms with Gasteiger partial charge in [-0.05, 0) is 30.3 Å². The average Bonchev–Trinajstić information content (AvgIpc) is 3.05. The summed E-state index contributed by atoms with van der Waals surface area (Å²) in [6, 6.07) is 8.89. The molecule has 1 fully saturated rings. The Morgan fingerprint density at radius 1 is 1.23 bits per heavy atom. The maximum atomic E-state index is 12.3. The molecule has 1 aromatic heterocycles. The number of nitrogens with one attached hydrogen (secondary N) is 2. The van der Waals surface area contributed by atoms with Crippen molar-refractivity contribution in [2.75, 3.05) is 38.2 Å². The molecule has 1 aliphatic rings. The molecule has 0 unspecified atom stereocenters. The predicted molar refractivity (Wildman–Crippen MR) is 104 cm³/mol. The van der Waals surface area contributed by atoms with Crippen molar-refractivity contribution in [2.45, 2.75) is 6.04 Å². The summed E-state index contributed by atoms with van der Waals surface area (Å²) >= 11 is 11.9. The Bertz CT molecular complexity index is 759. The number of rotatable bonds is 5. The molecule has 6 nitrogen and oxygen atoms in total. The van der Waals surface area contributed by atoms with Gasteiger partial charge < -0.3 is 19.9 Å². The number of nitrogens with zero attached hydrogens (tertiary/aromatic N) is 2. The van der Waals surface area contributed by atoms with E-state index in [0.717, 1.165) is 18.8 Å². The largest absolute Gasteiger partial charge is 0.379 e. The lowest BCUT2D eigenvalue weighted by atomic mass is 10.1. The summed E-state index contributed by atoms with van der Waals surface area (Å²) in [6.07, 6.45) is 2.01. The topological polar surface area (TPSA) is 58.5 Å². The number of anilines is 1. The second-order valence-electron chi connectivity index (χ2n) is 6.17. The van der Waals surface area contributed by atoms with Crippen LogP contribution in [0.1, 0.15) is 11.7 Å². The Morgan fingerprint density at radius 2 is 2.00 bits per heavy atom. The number of carbonyl (C=O) groups is 1. The molecule has 2 N–H and O–H groups in total. The van der Waals surface area contributed by atoms with E-state index in [2.05, 4.69) is 26.2 Å². The van der Waals surface area contributed by atoms with E-state index in [1.807, 2.05) is 19.3 Å². The summed E-state index contributed by atoms with van der Waals surface area (Å²) < 4.78 is 7.53. The van der Waals surface area contributed by atoms with Gasteiger partial charge in [0.05, 0.1) is 29.3 Å². The fourth-order valence-corrected chi connectivity index (χ4v) is 3.37. The van der Waals surface area contributed by atoms with Crippen molar-refractivity contribution in [1.29, 1.82) is 0 Å². The van der Waals surface area contributed by atoms with Gasteiger partial charge in [0, 0.05) is 44.3 Å². The van der Waals surface area contributed by atoms with Crippen LogP contribution >= 0.6 is 23.2 Å². The molecule has 0 bridgehead atoms. The second kappa shape index (κ2) is 8.77. The van der Waals surface area contributed by atoms with Crippen molar-refractivity contribution in [1.82, 2.24) is 14.8 Å². The summed E-state index contributed by atoms with van der Waals surface area (Å²) in [5.41, 5.74) is 1.75. The Balaban J connectivity index is 1.64.